The van der Waals surface area contributed by atoms with Gasteiger partial charge in [0.25, 0.3) is 0 Å². The summed E-state index contributed by atoms with van der Waals surface area (Å²) in [5, 5.41) is 0. The lowest BCUT2D eigenvalue weighted by atomic mass is 9.90. The zero-order chi connectivity index (χ0) is 14.0. The first-order chi connectivity index (χ1) is 9.08. The minimum Gasteiger partial charge on any atom is -0.497 e. The lowest BCUT2D eigenvalue weighted by Gasteiger charge is -2.16. The maximum atomic E-state index is 5.34. The van der Waals surface area contributed by atoms with Crippen molar-refractivity contribution in [3.63, 3.8) is 0 Å². The molecular weight excluding hydrogens is 232 g/mol. The highest BCUT2D eigenvalue weighted by atomic mass is 16.5. The van der Waals surface area contributed by atoms with Gasteiger partial charge in [0.1, 0.15) is 5.75 Å². The predicted molar refractivity (Wildman–Crippen MR) is 82.0 cm³/mol. The first-order valence-corrected chi connectivity index (χ1v) is 6.82. The van der Waals surface area contributed by atoms with Crippen molar-refractivity contribution >= 4 is 0 Å². The van der Waals surface area contributed by atoms with Crippen molar-refractivity contribution in [1.82, 2.24) is 0 Å². The summed E-state index contributed by atoms with van der Waals surface area (Å²) in [6, 6.07) is 10.8. The second-order valence-corrected chi connectivity index (χ2v) is 5.08. The number of rotatable bonds is 3. The molecular formula is C18H22O. The van der Waals surface area contributed by atoms with Crippen LogP contribution in [0.3, 0.4) is 0 Å². The van der Waals surface area contributed by atoms with Gasteiger partial charge in [0.05, 0.1) is 7.11 Å². The van der Waals surface area contributed by atoms with Crippen LogP contribution in [-0.4, -0.2) is 7.11 Å². The molecule has 0 aliphatic rings. The summed E-state index contributed by atoms with van der Waals surface area (Å²) in [6.07, 6.45) is 1.08. The maximum Gasteiger partial charge on any atom is 0.119 e. The SMILES string of the molecule is CCc1cccc(-c2c(C)cc(OC)cc2C)c1C. The lowest BCUT2D eigenvalue weighted by Crippen LogP contribution is -1.96. The van der Waals surface area contributed by atoms with Crippen LogP contribution >= 0.6 is 0 Å². The average molecular weight is 254 g/mol. The summed E-state index contributed by atoms with van der Waals surface area (Å²) in [7, 11) is 1.72. The Morgan fingerprint density at radius 3 is 2.16 bits per heavy atom. The van der Waals surface area contributed by atoms with Gasteiger partial charge in [-0.05, 0) is 72.7 Å². The van der Waals surface area contributed by atoms with Crippen molar-refractivity contribution in [3.05, 3.63) is 52.6 Å². The Balaban J connectivity index is 2.66. The molecule has 2 aromatic rings. The van der Waals surface area contributed by atoms with Gasteiger partial charge in [-0.25, -0.2) is 0 Å². The van der Waals surface area contributed by atoms with Gasteiger partial charge in [-0.1, -0.05) is 25.1 Å². The molecule has 0 unspecified atom stereocenters. The third-order valence-electron chi connectivity index (χ3n) is 3.84. The van der Waals surface area contributed by atoms with Crippen molar-refractivity contribution in [2.45, 2.75) is 34.1 Å². The van der Waals surface area contributed by atoms with Gasteiger partial charge in [-0.2, -0.15) is 0 Å². The number of aryl methyl sites for hydroxylation is 3. The Kier molecular flexibility index (Phi) is 3.94. The van der Waals surface area contributed by atoms with Crippen LogP contribution in [0.25, 0.3) is 11.1 Å². The van der Waals surface area contributed by atoms with E-state index in [9.17, 15) is 0 Å². The van der Waals surface area contributed by atoms with Gasteiger partial charge in [-0.3, -0.25) is 0 Å². The van der Waals surface area contributed by atoms with E-state index in [4.69, 9.17) is 4.74 Å². The van der Waals surface area contributed by atoms with Crippen molar-refractivity contribution in [2.24, 2.45) is 0 Å². The highest BCUT2D eigenvalue weighted by Gasteiger charge is 2.11. The van der Waals surface area contributed by atoms with E-state index in [0.717, 1.165) is 12.2 Å². The van der Waals surface area contributed by atoms with Crippen molar-refractivity contribution in [1.29, 1.82) is 0 Å². The molecule has 0 aliphatic heterocycles. The van der Waals surface area contributed by atoms with Gasteiger partial charge >= 0.3 is 0 Å². The molecule has 0 N–H and O–H groups in total. The zero-order valence-corrected chi connectivity index (χ0v) is 12.5. The van der Waals surface area contributed by atoms with Gasteiger partial charge in [0.2, 0.25) is 0 Å². The summed E-state index contributed by atoms with van der Waals surface area (Å²) >= 11 is 0. The minimum absolute atomic E-state index is 0.933. The van der Waals surface area contributed by atoms with Crippen LogP contribution in [0.15, 0.2) is 30.3 Å². The van der Waals surface area contributed by atoms with E-state index in [0.29, 0.717) is 0 Å². The van der Waals surface area contributed by atoms with Gasteiger partial charge in [0.15, 0.2) is 0 Å². The summed E-state index contributed by atoms with van der Waals surface area (Å²) in [6.45, 7) is 8.74. The minimum atomic E-state index is 0.933. The Morgan fingerprint density at radius 1 is 1.00 bits per heavy atom. The van der Waals surface area contributed by atoms with E-state index in [1.165, 1.54) is 33.4 Å². The second kappa shape index (κ2) is 5.48. The third-order valence-corrected chi connectivity index (χ3v) is 3.84. The lowest BCUT2D eigenvalue weighted by molar-refractivity contribution is 0.414. The maximum absolute atomic E-state index is 5.34. The summed E-state index contributed by atoms with van der Waals surface area (Å²) in [5.41, 5.74) is 8.04. The molecule has 0 saturated heterocycles. The zero-order valence-electron chi connectivity index (χ0n) is 12.5. The molecule has 19 heavy (non-hydrogen) atoms. The molecule has 0 saturated carbocycles. The Bertz CT molecular complexity index is 574. The molecule has 0 amide bonds. The van der Waals surface area contributed by atoms with E-state index >= 15 is 0 Å². The Hall–Kier alpha value is -1.76. The number of hydrogen-bond acceptors (Lipinski definition) is 1. The monoisotopic (exact) mass is 254 g/mol. The van der Waals surface area contributed by atoms with Gasteiger partial charge in [-0.15, -0.1) is 0 Å². The van der Waals surface area contributed by atoms with E-state index in [-0.39, 0.29) is 0 Å². The van der Waals surface area contributed by atoms with Gasteiger partial charge in [0, 0.05) is 0 Å². The van der Waals surface area contributed by atoms with E-state index < -0.39 is 0 Å². The highest BCUT2D eigenvalue weighted by Crippen LogP contribution is 2.34. The van der Waals surface area contributed by atoms with E-state index in [2.05, 4.69) is 58.0 Å². The Labute approximate surface area is 116 Å². The van der Waals surface area contributed by atoms with Crippen LogP contribution in [0.1, 0.15) is 29.2 Å². The predicted octanol–water partition coefficient (Wildman–Crippen LogP) is 4.85. The van der Waals surface area contributed by atoms with Crippen molar-refractivity contribution in [3.8, 4) is 16.9 Å². The fraction of sp³-hybridized carbons (Fsp3) is 0.333. The normalized spacial score (nSPS) is 10.6. The highest BCUT2D eigenvalue weighted by molar-refractivity contribution is 5.75. The molecule has 0 spiro atoms. The first kappa shape index (κ1) is 13.7. The molecule has 100 valence electrons. The van der Waals surface area contributed by atoms with Crippen molar-refractivity contribution < 1.29 is 4.74 Å². The van der Waals surface area contributed by atoms with Crippen LogP contribution in [0.4, 0.5) is 0 Å². The molecule has 0 fully saturated rings. The number of methoxy groups -OCH3 is 1. The van der Waals surface area contributed by atoms with Crippen LogP contribution < -0.4 is 4.74 Å². The second-order valence-electron chi connectivity index (χ2n) is 5.08. The standard InChI is InChI=1S/C18H22O/c1-6-15-8-7-9-17(14(15)4)18-12(2)10-16(19-5)11-13(18)3/h7-11H,6H2,1-5H3. The van der Waals surface area contributed by atoms with Crippen LogP contribution in [0.2, 0.25) is 0 Å². The Morgan fingerprint density at radius 2 is 1.63 bits per heavy atom. The smallest absolute Gasteiger partial charge is 0.119 e. The fourth-order valence-corrected chi connectivity index (χ4v) is 2.80. The molecule has 2 aromatic carbocycles. The summed E-state index contributed by atoms with van der Waals surface area (Å²) in [5.74, 6) is 0.933. The fourth-order valence-electron chi connectivity index (χ4n) is 2.80. The average Bonchev–Trinajstić information content (AvgIpc) is 2.39. The van der Waals surface area contributed by atoms with Crippen LogP contribution in [0.5, 0.6) is 5.75 Å². The quantitative estimate of drug-likeness (QED) is 0.760. The largest absolute Gasteiger partial charge is 0.497 e. The van der Waals surface area contributed by atoms with Crippen LogP contribution in [-0.2, 0) is 6.42 Å². The van der Waals surface area contributed by atoms with Gasteiger partial charge < -0.3 is 4.74 Å². The molecule has 1 heteroatoms. The van der Waals surface area contributed by atoms with E-state index in [1.807, 2.05) is 0 Å². The molecule has 1 nitrogen and oxygen atoms in total. The first-order valence-electron chi connectivity index (χ1n) is 6.82. The topological polar surface area (TPSA) is 9.23 Å². The number of ether oxygens (including phenoxy) is 1. The number of hydrogen-bond donors (Lipinski definition) is 0. The molecule has 0 aromatic heterocycles. The summed E-state index contributed by atoms with van der Waals surface area (Å²) in [4.78, 5) is 0. The molecule has 0 bridgehead atoms. The summed E-state index contributed by atoms with van der Waals surface area (Å²) < 4.78 is 5.34. The molecule has 0 heterocycles. The van der Waals surface area contributed by atoms with E-state index in [1.54, 1.807) is 7.11 Å². The number of benzene rings is 2. The van der Waals surface area contributed by atoms with Crippen LogP contribution in [0, 0.1) is 20.8 Å². The molecule has 0 radical (unpaired) electrons. The van der Waals surface area contributed by atoms with Crippen molar-refractivity contribution in [2.75, 3.05) is 7.11 Å². The third kappa shape index (κ3) is 2.51. The molecule has 2 rings (SSSR count). The molecule has 0 atom stereocenters. The molecule has 0 aliphatic carbocycles.